The predicted octanol–water partition coefficient (Wildman–Crippen LogP) is 2.01. The molecule has 2 rings (SSSR count). The number of rotatable bonds is 7. The third-order valence-electron chi connectivity index (χ3n) is 3.29. The van der Waals surface area contributed by atoms with Crippen molar-refractivity contribution >= 4 is 27.5 Å². The molecule has 0 unspecified atom stereocenters. The van der Waals surface area contributed by atoms with E-state index in [1.807, 2.05) is 17.9 Å². The molecule has 1 amide bonds. The summed E-state index contributed by atoms with van der Waals surface area (Å²) in [5.41, 5.74) is 7.52. The molecule has 1 aromatic carbocycles. The second kappa shape index (κ2) is 6.39. The zero-order valence-electron chi connectivity index (χ0n) is 11.2. The minimum Gasteiger partial charge on any atom is -0.368 e. The zero-order valence-corrected chi connectivity index (χ0v) is 12.7. The summed E-state index contributed by atoms with van der Waals surface area (Å²) < 4.78 is 1.07. The lowest BCUT2D eigenvalue weighted by atomic mass is 10.2. The molecule has 1 fully saturated rings. The molecule has 1 saturated carbocycles. The number of nitrogens with one attached hydrogen (secondary N) is 1. The molecule has 0 radical (unpaired) electrons. The lowest BCUT2D eigenvalue weighted by Gasteiger charge is -2.22. The fraction of sp³-hybridized carbons (Fsp3) is 0.500. The molecule has 104 valence electrons. The molecule has 3 N–H and O–H groups in total. The smallest absolute Gasteiger partial charge is 0.236 e. The van der Waals surface area contributed by atoms with Crippen LogP contribution in [0.5, 0.6) is 0 Å². The summed E-state index contributed by atoms with van der Waals surface area (Å²) in [6.07, 6.45) is 2.58. The molecule has 1 aliphatic rings. The van der Waals surface area contributed by atoms with Gasteiger partial charge in [-0.25, -0.2) is 0 Å². The molecule has 0 bridgehead atoms. The van der Waals surface area contributed by atoms with E-state index in [4.69, 9.17) is 5.73 Å². The van der Waals surface area contributed by atoms with E-state index in [1.54, 1.807) is 0 Å². The molecule has 5 heteroatoms. The van der Waals surface area contributed by atoms with Crippen molar-refractivity contribution in [2.75, 3.05) is 18.0 Å². The van der Waals surface area contributed by atoms with Crippen LogP contribution < -0.4 is 16.0 Å². The first kappa shape index (κ1) is 14.3. The number of hydrogen-bond donors (Lipinski definition) is 2. The molecule has 19 heavy (non-hydrogen) atoms. The lowest BCUT2D eigenvalue weighted by molar-refractivity contribution is -0.116. The Labute approximate surface area is 122 Å². The van der Waals surface area contributed by atoms with Gasteiger partial charge in [0.1, 0.15) is 0 Å². The topological polar surface area (TPSA) is 58.4 Å². The SMILES string of the molecule is CCN(CC(N)=O)c1ccc(CNC2CC2)c(Br)c1. The van der Waals surface area contributed by atoms with Crippen molar-refractivity contribution in [2.24, 2.45) is 5.73 Å². The summed E-state index contributed by atoms with van der Waals surface area (Å²) in [7, 11) is 0. The van der Waals surface area contributed by atoms with Crippen molar-refractivity contribution in [1.82, 2.24) is 5.32 Å². The molecular weight excluding hydrogens is 306 g/mol. The van der Waals surface area contributed by atoms with Gasteiger partial charge in [-0.2, -0.15) is 0 Å². The van der Waals surface area contributed by atoms with Crippen LogP contribution in [0.3, 0.4) is 0 Å². The number of nitrogens with zero attached hydrogens (tertiary/aromatic N) is 1. The highest BCUT2D eigenvalue weighted by atomic mass is 79.9. The number of amides is 1. The maximum Gasteiger partial charge on any atom is 0.236 e. The van der Waals surface area contributed by atoms with Crippen LogP contribution in [0.1, 0.15) is 25.3 Å². The average molecular weight is 326 g/mol. The Hall–Kier alpha value is -1.07. The summed E-state index contributed by atoms with van der Waals surface area (Å²) >= 11 is 3.60. The highest BCUT2D eigenvalue weighted by Gasteiger charge is 2.20. The van der Waals surface area contributed by atoms with Crippen LogP contribution in [0.15, 0.2) is 22.7 Å². The number of carbonyl (C=O) groups excluding carboxylic acids is 1. The summed E-state index contributed by atoms with van der Waals surface area (Å²) in [6, 6.07) is 6.89. The summed E-state index contributed by atoms with van der Waals surface area (Å²) in [5, 5.41) is 3.49. The minimum atomic E-state index is -0.308. The first-order chi connectivity index (χ1) is 9.10. The summed E-state index contributed by atoms with van der Waals surface area (Å²) in [6.45, 7) is 3.91. The number of nitrogens with two attached hydrogens (primary N) is 1. The minimum absolute atomic E-state index is 0.253. The van der Waals surface area contributed by atoms with Crippen LogP contribution >= 0.6 is 15.9 Å². The molecule has 1 aliphatic carbocycles. The number of primary amides is 1. The maximum absolute atomic E-state index is 11.0. The van der Waals surface area contributed by atoms with Crippen LogP contribution in [0.2, 0.25) is 0 Å². The molecule has 0 aromatic heterocycles. The van der Waals surface area contributed by atoms with Gasteiger partial charge in [-0.1, -0.05) is 22.0 Å². The Balaban J connectivity index is 2.04. The van der Waals surface area contributed by atoms with Gasteiger partial charge in [-0.3, -0.25) is 4.79 Å². The van der Waals surface area contributed by atoms with E-state index in [0.29, 0.717) is 6.04 Å². The quantitative estimate of drug-likeness (QED) is 0.806. The largest absolute Gasteiger partial charge is 0.368 e. The van der Waals surface area contributed by atoms with Crippen LogP contribution in [-0.4, -0.2) is 25.0 Å². The Kier molecular flexibility index (Phi) is 4.82. The zero-order chi connectivity index (χ0) is 13.8. The van der Waals surface area contributed by atoms with Gasteiger partial charge in [0, 0.05) is 29.3 Å². The van der Waals surface area contributed by atoms with E-state index in [0.717, 1.165) is 23.2 Å². The Morgan fingerprint density at radius 3 is 2.79 bits per heavy atom. The predicted molar refractivity (Wildman–Crippen MR) is 81.1 cm³/mol. The number of benzene rings is 1. The number of carbonyl (C=O) groups is 1. The van der Waals surface area contributed by atoms with E-state index in [9.17, 15) is 4.79 Å². The van der Waals surface area contributed by atoms with Gasteiger partial charge >= 0.3 is 0 Å². The number of hydrogen-bond acceptors (Lipinski definition) is 3. The van der Waals surface area contributed by atoms with Gasteiger partial charge in [0.2, 0.25) is 5.91 Å². The van der Waals surface area contributed by atoms with E-state index < -0.39 is 0 Å². The molecule has 0 saturated heterocycles. The molecule has 0 atom stereocenters. The van der Waals surface area contributed by atoms with Gasteiger partial charge in [0.05, 0.1) is 6.54 Å². The van der Waals surface area contributed by atoms with Crippen LogP contribution in [-0.2, 0) is 11.3 Å². The Bertz CT molecular complexity index is 460. The van der Waals surface area contributed by atoms with Crippen LogP contribution in [0.25, 0.3) is 0 Å². The van der Waals surface area contributed by atoms with Crippen molar-refractivity contribution < 1.29 is 4.79 Å². The first-order valence-electron chi connectivity index (χ1n) is 6.65. The van der Waals surface area contributed by atoms with Crippen LogP contribution in [0.4, 0.5) is 5.69 Å². The second-order valence-electron chi connectivity index (χ2n) is 4.91. The fourth-order valence-corrected chi connectivity index (χ4v) is 2.50. The molecule has 0 aliphatic heterocycles. The Morgan fingerprint density at radius 1 is 1.53 bits per heavy atom. The first-order valence-corrected chi connectivity index (χ1v) is 7.44. The fourth-order valence-electron chi connectivity index (χ4n) is 1.99. The van der Waals surface area contributed by atoms with Crippen molar-refractivity contribution in [1.29, 1.82) is 0 Å². The van der Waals surface area contributed by atoms with E-state index in [2.05, 4.69) is 33.4 Å². The van der Waals surface area contributed by atoms with Crippen molar-refractivity contribution in [3.8, 4) is 0 Å². The van der Waals surface area contributed by atoms with Crippen LogP contribution in [0, 0.1) is 0 Å². The van der Waals surface area contributed by atoms with Gasteiger partial charge in [-0.05, 0) is 37.5 Å². The molecule has 4 nitrogen and oxygen atoms in total. The highest BCUT2D eigenvalue weighted by Crippen LogP contribution is 2.25. The van der Waals surface area contributed by atoms with Gasteiger partial charge in [0.25, 0.3) is 0 Å². The van der Waals surface area contributed by atoms with Gasteiger partial charge < -0.3 is 16.0 Å². The molecular formula is C14H20BrN3O. The summed E-state index contributed by atoms with van der Waals surface area (Å²) in [4.78, 5) is 13.0. The number of halogens is 1. The van der Waals surface area contributed by atoms with E-state index >= 15 is 0 Å². The molecule has 1 aromatic rings. The average Bonchev–Trinajstić information content (AvgIpc) is 3.18. The Morgan fingerprint density at radius 2 is 2.26 bits per heavy atom. The van der Waals surface area contributed by atoms with Gasteiger partial charge in [0.15, 0.2) is 0 Å². The third-order valence-corrected chi connectivity index (χ3v) is 4.03. The maximum atomic E-state index is 11.0. The standard InChI is InChI=1S/C14H20BrN3O/c1-2-18(9-14(16)19)12-6-3-10(13(15)7-12)8-17-11-4-5-11/h3,6-7,11,17H,2,4-5,8-9H2,1H3,(H2,16,19). The lowest BCUT2D eigenvalue weighted by Crippen LogP contribution is -2.33. The van der Waals surface area contributed by atoms with Crippen molar-refractivity contribution in [3.05, 3.63) is 28.2 Å². The molecule has 0 spiro atoms. The van der Waals surface area contributed by atoms with Crippen molar-refractivity contribution in [2.45, 2.75) is 32.4 Å². The van der Waals surface area contributed by atoms with E-state index in [1.165, 1.54) is 18.4 Å². The monoisotopic (exact) mass is 325 g/mol. The second-order valence-corrected chi connectivity index (χ2v) is 5.77. The highest BCUT2D eigenvalue weighted by molar-refractivity contribution is 9.10. The van der Waals surface area contributed by atoms with Crippen molar-refractivity contribution in [3.63, 3.8) is 0 Å². The van der Waals surface area contributed by atoms with E-state index in [-0.39, 0.29) is 12.5 Å². The third kappa shape index (κ3) is 4.21. The normalized spacial score (nSPS) is 14.4. The number of anilines is 1. The summed E-state index contributed by atoms with van der Waals surface area (Å²) in [5.74, 6) is -0.308. The number of likely N-dealkylation sites (N-methyl/N-ethyl adjacent to an activating group) is 1. The van der Waals surface area contributed by atoms with Gasteiger partial charge in [-0.15, -0.1) is 0 Å². The molecule has 0 heterocycles.